The zero-order valence-corrected chi connectivity index (χ0v) is 15.5. The highest BCUT2D eigenvalue weighted by Crippen LogP contribution is 2.31. The van der Waals surface area contributed by atoms with Crippen molar-refractivity contribution < 1.29 is 9.21 Å². The van der Waals surface area contributed by atoms with Crippen LogP contribution < -0.4 is 5.32 Å². The molecule has 0 bridgehead atoms. The van der Waals surface area contributed by atoms with Gasteiger partial charge in [-0.2, -0.15) is 5.10 Å². The van der Waals surface area contributed by atoms with Gasteiger partial charge >= 0.3 is 0 Å². The summed E-state index contributed by atoms with van der Waals surface area (Å²) in [6, 6.07) is 11.7. The summed E-state index contributed by atoms with van der Waals surface area (Å²) < 4.78 is 7.66. The normalized spacial score (nSPS) is 11.1. The van der Waals surface area contributed by atoms with Crippen molar-refractivity contribution in [3.8, 4) is 0 Å². The molecule has 0 radical (unpaired) electrons. The Morgan fingerprint density at radius 3 is 2.63 bits per heavy atom. The number of carbonyl (C=O) groups is 1. The van der Waals surface area contributed by atoms with Gasteiger partial charge in [0.1, 0.15) is 18.2 Å². The number of nitrogens with zero attached hydrogens (tertiary/aromatic N) is 3. The van der Waals surface area contributed by atoms with E-state index in [2.05, 4.69) is 21.5 Å². The second kappa shape index (κ2) is 6.72. The third-order valence-corrected chi connectivity index (χ3v) is 4.75. The predicted molar refractivity (Wildman–Crippen MR) is 104 cm³/mol. The van der Waals surface area contributed by atoms with E-state index in [9.17, 15) is 4.79 Å². The van der Waals surface area contributed by atoms with Crippen molar-refractivity contribution in [3.63, 3.8) is 0 Å². The standard InChI is InChI=1S/C21H20N4O2/c1-13-8-9-14(2)19-18(13)15(3)20(27-19)21(26)24-17-7-5-4-6-16(17)10-25-12-22-11-23-25/h4-9,11-12H,10H2,1-3H3,(H,24,26). The molecule has 0 saturated heterocycles. The Kier molecular flexibility index (Phi) is 4.24. The molecule has 1 N–H and O–H groups in total. The van der Waals surface area contributed by atoms with Crippen molar-refractivity contribution in [3.05, 3.63) is 77.1 Å². The van der Waals surface area contributed by atoms with E-state index in [4.69, 9.17) is 4.42 Å². The number of aryl methyl sites for hydroxylation is 3. The molecule has 6 heteroatoms. The minimum absolute atomic E-state index is 0.256. The van der Waals surface area contributed by atoms with Crippen molar-refractivity contribution in [2.75, 3.05) is 5.32 Å². The molecule has 2 aromatic heterocycles. The van der Waals surface area contributed by atoms with Gasteiger partial charge in [0.05, 0.1) is 6.54 Å². The summed E-state index contributed by atoms with van der Waals surface area (Å²) >= 11 is 0. The number of para-hydroxylation sites is 1. The van der Waals surface area contributed by atoms with Crippen LogP contribution in [-0.4, -0.2) is 20.7 Å². The van der Waals surface area contributed by atoms with Crippen LogP contribution in [0.5, 0.6) is 0 Å². The predicted octanol–water partition coefficient (Wildman–Crippen LogP) is 4.25. The first-order chi connectivity index (χ1) is 13.0. The molecule has 4 aromatic rings. The summed E-state index contributed by atoms with van der Waals surface area (Å²) in [7, 11) is 0. The maximum Gasteiger partial charge on any atom is 0.291 e. The lowest BCUT2D eigenvalue weighted by molar-refractivity contribution is 0.0997. The molecular formula is C21H20N4O2. The van der Waals surface area contributed by atoms with Gasteiger partial charge in [-0.05, 0) is 43.5 Å². The zero-order chi connectivity index (χ0) is 19.0. The van der Waals surface area contributed by atoms with E-state index in [1.165, 1.54) is 6.33 Å². The van der Waals surface area contributed by atoms with Crippen LogP contribution in [0.25, 0.3) is 11.0 Å². The molecule has 2 heterocycles. The van der Waals surface area contributed by atoms with Gasteiger partial charge in [-0.25, -0.2) is 9.67 Å². The van der Waals surface area contributed by atoms with Gasteiger partial charge in [0.25, 0.3) is 5.91 Å². The van der Waals surface area contributed by atoms with Crippen molar-refractivity contribution in [2.24, 2.45) is 0 Å². The van der Waals surface area contributed by atoms with Gasteiger partial charge in [0.15, 0.2) is 5.76 Å². The Balaban J connectivity index is 1.68. The maximum atomic E-state index is 12.9. The molecule has 27 heavy (non-hydrogen) atoms. The quantitative estimate of drug-likeness (QED) is 0.590. The third-order valence-electron chi connectivity index (χ3n) is 4.75. The number of nitrogens with one attached hydrogen (secondary N) is 1. The Labute approximate surface area is 156 Å². The molecule has 0 spiro atoms. The van der Waals surface area contributed by atoms with Gasteiger partial charge in [0.2, 0.25) is 0 Å². The second-order valence-corrected chi connectivity index (χ2v) is 6.66. The van der Waals surface area contributed by atoms with Crippen LogP contribution in [0.1, 0.15) is 32.8 Å². The maximum absolute atomic E-state index is 12.9. The first kappa shape index (κ1) is 17.0. The van der Waals surface area contributed by atoms with Crippen molar-refractivity contribution in [1.82, 2.24) is 14.8 Å². The molecule has 0 aliphatic heterocycles. The van der Waals surface area contributed by atoms with Gasteiger partial charge in [-0.1, -0.05) is 30.3 Å². The number of hydrogen-bond acceptors (Lipinski definition) is 4. The number of hydrogen-bond donors (Lipinski definition) is 1. The SMILES string of the molecule is Cc1ccc(C)c2c(C)c(C(=O)Nc3ccccc3Cn3cncn3)oc12. The lowest BCUT2D eigenvalue weighted by atomic mass is 10.0. The van der Waals surface area contributed by atoms with E-state index in [-0.39, 0.29) is 5.91 Å². The summed E-state index contributed by atoms with van der Waals surface area (Å²) in [5.41, 5.74) is 5.42. The highest BCUT2D eigenvalue weighted by atomic mass is 16.3. The fourth-order valence-electron chi connectivity index (χ4n) is 3.34. The molecule has 136 valence electrons. The van der Waals surface area contributed by atoms with E-state index >= 15 is 0 Å². The highest BCUT2D eigenvalue weighted by molar-refractivity contribution is 6.07. The summed E-state index contributed by atoms with van der Waals surface area (Å²) in [6.07, 6.45) is 3.14. The van der Waals surface area contributed by atoms with Gasteiger partial charge in [-0.15, -0.1) is 0 Å². The Hall–Kier alpha value is -3.41. The Bertz CT molecular complexity index is 1130. The largest absolute Gasteiger partial charge is 0.450 e. The van der Waals surface area contributed by atoms with Crippen LogP contribution in [0.2, 0.25) is 0 Å². The summed E-state index contributed by atoms with van der Waals surface area (Å²) in [4.78, 5) is 16.9. The molecule has 0 aliphatic carbocycles. The minimum Gasteiger partial charge on any atom is -0.450 e. The molecular weight excluding hydrogens is 340 g/mol. The van der Waals surface area contributed by atoms with Crippen molar-refractivity contribution in [2.45, 2.75) is 27.3 Å². The first-order valence-electron chi connectivity index (χ1n) is 8.75. The third kappa shape index (κ3) is 3.10. The van der Waals surface area contributed by atoms with Crippen molar-refractivity contribution >= 4 is 22.6 Å². The number of fused-ring (bicyclic) bond motifs is 1. The average Bonchev–Trinajstić information content (AvgIpc) is 3.28. The number of aromatic nitrogens is 3. The van der Waals surface area contributed by atoms with Crippen LogP contribution in [0, 0.1) is 20.8 Å². The minimum atomic E-state index is -0.256. The molecule has 2 aromatic carbocycles. The van der Waals surface area contributed by atoms with E-state index in [1.54, 1.807) is 11.0 Å². The highest BCUT2D eigenvalue weighted by Gasteiger charge is 2.20. The molecule has 0 unspecified atom stereocenters. The molecule has 0 saturated carbocycles. The fourth-order valence-corrected chi connectivity index (χ4v) is 3.34. The lowest BCUT2D eigenvalue weighted by Crippen LogP contribution is -2.14. The number of amides is 1. The van der Waals surface area contributed by atoms with Gasteiger partial charge in [-0.3, -0.25) is 4.79 Å². The smallest absolute Gasteiger partial charge is 0.291 e. The molecule has 6 nitrogen and oxygen atoms in total. The Morgan fingerprint density at radius 1 is 1.11 bits per heavy atom. The van der Waals surface area contributed by atoms with Crippen molar-refractivity contribution in [1.29, 1.82) is 0 Å². The average molecular weight is 360 g/mol. The second-order valence-electron chi connectivity index (χ2n) is 6.66. The first-order valence-corrected chi connectivity index (χ1v) is 8.75. The molecule has 1 amide bonds. The van der Waals surface area contributed by atoms with E-state index in [1.807, 2.05) is 51.1 Å². The van der Waals surface area contributed by atoms with Gasteiger partial charge < -0.3 is 9.73 Å². The monoisotopic (exact) mass is 360 g/mol. The van der Waals surface area contributed by atoms with Crippen LogP contribution in [0.3, 0.4) is 0 Å². The number of rotatable bonds is 4. The van der Waals surface area contributed by atoms with E-state index in [0.717, 1.165) is 38.9 Å². The fraction of sp³-hybridized carbons (Fsp3) is 0.190. The van der Waals surface area contributed by atoms with Gasteiger partial charge in [0, 0.05) is 16.6 Å². The lowest BCUT2D eigenvalue weighted by Gasteiger charge is -2.10. The van der Waals surface area contributed by atoms with Crippen LogP contribution in [0.15, 0.2) is 53.5 Å². The summed E-state index contributed by atoms with van der Waals surface area (Å²) in [5.74, 6) is 0.0894. The summed E-state index contributed by atoms with van der Waals surface area (Å²) in [6.45, 7) is 6.46. The Morgan fingerprint density at radius 2 is 1.89 bits per heavy atom. The van der Waals surface area contributed by atoms with E-state index < -0.39 is 0 Å². The van der Waals surface area contributed by atoms with Crippen LogP contribution in [-0.2, 0) is 6.54 Å². The number of benzene rings is 2. The molecule has 4 rings (SSSR count). The number of furan rings is 1. The zero-order valence-electron chi connectivity index (χ0n) is 15.5. The van der Waals surface area contributed by atoms with Crippen LogP contribution >= 0.6 is 0 Å². The number of anilines is 1. The molecule has 0 fully saturated rings. The van der Waals surface area contributed by atoms with E-state index in [0.29, 0.717) is 12.3 Å². The topological polar surface area (TPSA) is 73.0 Å². The molecule has 0 aliphatic rings. The summed E-state index contributed by atoms with van der Waals surface area (Å²) in [5, 5.41) is 8.12. The molecule has 0 atom stereocenters. The number of carbonyl (C=O) groups excluding carboxylic acids is 1. The van der Waals surface area contributed by atoms with Crippen LogP contribution in [0.4, 0.5) is 5.69 Å².